The van der Waals surface area contributed by atoms with E-state index in [0.29, 0.717) is 17.4 Å². The Morgan fingerprint density at radius 3 is 2.54 bits per heavy atom. The summed E-state index contributed by atoms with van der Waals surface area (Å²) in [7, 11) is 1.75. The Balaban J connectivity index is 1.24. The fraction of sp³-hybridized carbons (Fsp3) is 0.645. The minimum absolute atomic E-state index is 0.0779. The van der Waals surface area contributed by atoms with Gasteiger partial charge in [0.05, 0.1) is 25.3 Å². The SMILES string of the molecule is C=C[C@H]1CN2CC[C@H]1C[C@@H]2[C@@H](OCC12CC3CC(CC(C3)C1)C2)c1ccnc2ccc(OC)cc12. The van der Waals surface area contributed by atoms with E-state index in [4.69, 9.17) is 14.5 Å². The third kappa shape index (κ3) is 3.83. The third-order valence-electron chi connectivity index (χ3n) is 10.5. The second kappa shape index (κ2) is 8.59. The molecule has 2 aromatic rings. The lowest BCUT2D eigenvalue weighted by molar-refractivity contribution is -0.137. The number of fused-ring (bicyclic) bond motifs is 4. The van der Waals surface area contributed by atoms with Gasteiger partial charge < -0.3 is 9.47 Å². The molecule has 9 rings (SSSR count). The Kier molecular flexibility index (Phi) is 5.47. The molecule has 7 aliphatic rings. The summed E-state index contributed by atoms with van der Waals surface area (Å²) in [6, 6.07) is 8.93. The van der Waals surface area contributed by atoms with E-state index in [1.54, 1.807) is 7.11 Å². The predicted octanol–water partition coefficient (Wildman–Crippen LogP) is 6.41. The lowest BCUT2D eigenvalue weighted by Crippen LogP contribution is -2.55. The molecule has 7 fully saturated rings. The molecule has 4 heteroatoms. The molecule has 6 bridgehead atoms. The Hall–Kier alpha value is -1.91. The molecule has 0 radical (unpaired) electrons. The summed E-state index contributed by atoms with van der Waals surface area (Å²) in [5.41, 5.74) is 2.75. The zero-order chi connectivity index (χ0) is 23.6. The smallest absolute Gasteiger partial charge is 0.119 e. The number of methoxy groups -OCH3 is 1. The van der Waals surface area contributed by atoms with Crippen LogP contribution in [0, 0.1) is 35.0 Å². The van der Waals surface area contributed by atoms with Gasteiger partial charge in [-0.1, -0.05) is 6.08 Å². The molecule has 35 heavy (non-hydrogen) atoms. The average Bonchev–Trinajstić information content (AvgIpc) is 2.88. The molecular weight excluding hydrogens is 432 g/mol. The summed E-state index contributed by atoms with van der Waals surface area (Å²) in [6.45, 7) is 7.39. The highest BCUT2D eigenvalue weighted by Gasteiger charge is 2.52. The van der Waals surface area contributed by atoms with Crippen LogP contribution >= 0.6 is 0 Å². The molecule has 1 aromatic carbocycles. The molecule has 3 aliphatic heterocycles. The van der Waals surface area contributed by atoms with E-state index in [1.165, 1.54) is 68.9 Å². The van der Waals surface area contributed by atoms with Gasteiger partial charge in [-0.15, -0.1) is 6.58 Å². The number of aromatic nitrogens is 1. The summed E-state index contributed by atoms with van der Waals surface area (Å²) in [5, 5.41) is 1.19. The maximum Gasteiger partial charge on any atom is 0.119 e. The first-order valence-electron chi connectivity index (χ1n) is 14.0. The van der Waals surface area contributed by atoms with Gasteiger partial charge in [0.2, 0.25) is 0 Å². The van der Waals surface area contributed by atoms with Crippen LogP contribution in [0.25, 0.3) is 10.9 Å². The number of piperidine rings is 3. The molecule has 1 aromatic heterocycles. The van der Waals surface area contributed by atoms with Crippen molar-refractivity contribution in [2.45, 2.75) is 63.5 Å². The fourth-order valence-electron chi connectivity index (χ4n) is 9.36. The van der Waals surface area contributed by atoms with E-state index >= 15 is 0 Å². The van der Waals surface area contributed by atoms with Gasteiger partial charge in [0.1, 0.15) is 5.75 Å². The molecule has 1 unspecified atom stereocenters. The van der Waals surface area contributed by atoms with Gasteiger partial charge in [-0.2, -0.15) is 0 Å². The van der Waals surface area contributed by atoms with Crippen molar-refractivity contribution < 1.29 is 9.47 Å². The van der Waals surface area contributed by atoms with Gasteiger partial charge in [-0.05, 0) is 123 Å². The highest BCUT2D eigenvalue weighted by atomic mass is 16.5. The number of nitrogens with zero attached hydrogens (tertiary/aromatic N) is 2. The quantitative estimate of drug-likeness (QED) is 0.436. The van der Waals surface area contributed by atoms with E-state index < -0.39 is 0 Å². The molecule has 3 saturated heterocycles. The van der Waals surface area contributed by atoms with Crippen LogP contribution in [0.2, 0.25) is 0 Å². The predicted molar refractivity (Wildman–Crippen MR) is 139 cm³/mol. The largest absolute Gasteiger partial charge is 0.497 e. The van der Waals surface area contributed by atoms with Crippen LogP contribution in [0.4, 0.5) is 0 Å². The first kappa shape index (κ1) is 22.3. The molecule has 4 aliphatic carbocycles. The van der Waals surface area contributed by atoms with Gasteiger partial charge in [-0.25, -0.2) is 0 Å². The number of ether oxygens (including phenoxy) is 2. The zero-order valence-electron chi connectivity index (χ0n) is 21.2. The molecule has 0 N–H and O–H groups in total. The molecular formula is C31H40N2O2. The van der Waals surface area contributed by atoms with Gasteiger partial charge >= 0.3 is 0 Å². The number of pyridine rings is 1. The lowest BCUT2D eigenvalue weighted by atomic mass is 9.50. The summed E-state index contributed by atoms with van der Waals surface area (Å²) in [5.74, 6) is 5.11. The van der Waals surface area contributed by atoms with Crippen molar-refractivity contribution in [3.05, 3.63) is 48.7 Å². The zero-order valence-corrected chi connectivity index (χ0v) is 21.2. The van der Waals surface area contributed by atoms with Crippen molar-refractivity contribution >= 4 is 10.9 Å². The molecule has 5 atom stereocenters. The second-order valence-electron chi connectivity index (χ2n) is 12.7. The Labute approximate surface area is 210 Å². The minimum atomic E-state index is 0.0779. The summed E-state index contributed by atoms with van der Waals surface area (Å²) >= 11 is 0. The second-order valence-corrected chi connectivity index (χ2v) is 12.7. The monoisotopic (exact) mass is 472 g/mol. The van der Waals surface area contributed by atoms with Crippen LogP contribution in [0.15, 0.2) is 43.1 Å². The molecule has 0 amide bonds. The Morgan fingerprint density at radius 1 is 1.11 bits per heavy atom. The first-order valence-corrected chi connectivity index (χ1v) is 14.0. The van der Waals surface area contributed by atoms with E-state index in [2.05, 4.69) is 35.8 Å². The van der Waals surface area contributed by atoms with E-state index in [1.807, 2.05) is 12.3 Å². The molecule has 0 spiro atoms. The minimum Gasteiger partial charge on any atom is -0.497 e. The third-order valence-corrected chi connectivity index (χ3v) is 10.5. The Bertz CT molecular complexity index is 1080. The highest BCUT2D eigenvalue weighted by molar-refractivity contribution is 5.84. The van der Waals surface area contributed by atoms with Crippen LogP contribution in [-0.2, 0) is 4.74 Å². The molecule has 4 saturated carbocycles. The standard InChI is InChI=1S/C31H40N2O2/c1-3-23-18-33-9-7-24(23)13-29(33)30(26-6-8-32-28-5-4-25(34-2)14-27(26)28)35-19-31-15-20-10-21(16-31)12-22(11-20)17-31/h3-6,8,14,20-24,29-30H,1,7,9-13,15-19H2,2H3/t20?,21?,22?,23-,24-,29+,30-,31?/m0/s1. The molecule has 4 heterocycles. The fourth-order valence-corrected chi connectivity index (χ4v) is 9.36. The van der Waals surface area contributed by atoms with Crippen molar-refractivity contribution in [1.82, 2.24) is 9.88 Å². The van der Waals surface area contributed by atoms with Crippen LogP contribution < -0.4 is 4.74 Å². The maximum atomic E-state index is 7.22. The van der Waals surface area contributed by atoms with Gasteiger partial charge in [0.25, 0.3) is 0 Å². The first-order chi connectivity index (χ1) is 17.1. The normalized spacial score (nSPS) is 40.2. The van der Waals surface area contributed by atoms with Crippen molar-refractivity contribution in [3.8, 4) is 5.75 Å². The molecule has 4 nitrogen and oxygen atoms in total. The highest BCUT2D eigenvalue weighted by Crippen LogP contribution is 2.60. The van der Waals surface area contributed by atoms with Crippen molar-refractivity contribution in [1.29, 1.82) is 0 Å². The van der Waals surface area contributed by atoms with Crippen molar-refractivity contribution in [3.63, 3.8) is 0 Å². The lowest BCUT2D eigenvalue weighted by Gasteiger charge is -2.57. The number of benzene rings is 1. The van der Waals surface area contributed by atoms with Crippen molar-refractivity contribution in [2.75, 3.05) is 26.8 Å². The van der Waals surface area contributed by atoms with Gasteiger partial charge in [-0.3, -0.25) is 9.88 Å². The van der Waals surface area contributed by atoms with E-state index in [9.17, 15) is 0 Å². The van der Waals surface area contributed by atoms with Crippen molar-refractivity contribution in [2.24, 2.45) is 35.0 Å². The van der Waals surface area contributed by atoms with Gasteiger partial charge in [0.15, 0.2) is 0 Å². The number of hydrogen-bond acceptors (Lipinski definition) is 4. The summed E-state index contributed by atoms with van der Waals surface area (Å²) in [6.07, 6.45) is 15.4. The van der Waals surface area contributed by atoms with E-state index in [0.717, 1.165) is 48.1 Å². The topological polar surface area (TPSA) is 34.6 Å². The average molecular weight is 473 g/mol. The summed E-state index contributed by atoms with van der Waals surface area (Å²) < 4.78 is 12.8. The number of hydrogen-bond donors (Lipinski definition) is 0. The Morgan fingerprint density at radius 2 is 1.89 bits per heavy atom. The van der Waals surface area contributed by atoms with Crippen LogP contribution in [0.1, 0.15) is 63.0 Å². The molecule has 186 valence electrons. The van der Waals surface area contributed by atoms with Gasteiger partial charge in [0, 0.05) is 24.2 Å². The van der Waals surface area contributed by atoms with Crippen LogP contribution in [0.3, 0.4) is 0 Å². The summed E-state index contributed by atoms with van der Waals surface area (Å²) in [4.78, 5) is 7.41. The van der Waals surface area contributed by atoms with Crippen LogP contribution in [0.5, 0.6) is 5.75 Å². The maximum absolute atomic E-state index is 7.22. The van der Waals surface area contributed by atoms with E-state index in [-0.39, 0.29) is 6.10 Å². The number of rotatable bonds is 7. The van der Waals surface area contributed by atoms with Crippen LogP contribution in [-0.4, -0.2) is 42.7 Å².